The molecule has 0 aromatic heterocycles. The van der Waals surface area contributed by atoms with Gasteiger partial charge in [0, 0.05) is 24.2 Å². The van der Waals surface area contributed by atoms with E-state index in [1.54, 1.807) is 26.0 Å². The van der Waals surface area contributed by atoms with E-state index < -0.39 is 41.5 Å². The van der Waals surface area contributed by atoms with Gasteiger partial charge in [-0.15, -0.1) is 0 Å². The van der Waals surface area contributed by atoms with Gasteiger partial charge < -0.3 is 19.7 Å². The summed E-state index contributed by atoms with van der Waals surface area (Å²) in [7, 11) is 0. The molecule has 10 nitrogen and oxygen atoms in total. The molecule has 3 aromatic rings. The Kier molecular flexibility index (Phi) is 9.05. The zero-order valence-electron chi connectivity index (χ0n) is 24.2. The third-order valence-corrected chi connectivity index (χ3v) is 7.76. The number of hydrogen-bond acceptors (Lipinski definition) is 6. The highest BCUT2D eigenvalue weighted by Gasteiger charge is 2.49. The lowest BCUT2D eigenvalue weighted by Gasteiger charge is -2.45. The monoisotopic (exact) mass is 622 g/mol. The van der Waals surface area contributed by atoms with Crippen LogP contribution < -0.4 is 16.0 Å². The Hall–Kier alpha value is -4.64. The van der Waals surface area contributed by atoms with E-state index in [1.165, 1.54) is 29.2 Å². The number of anilines is 2. The fraction of sp³-hybridized carbons (Fsp3) is 0.312. The molecular weight excluding hydrogens is 591 g/mol. The van der Waals surface area contributed by atoms with Gasteiger partial charge in [-0.3, -0.25) is 20.2 Å². The number of piperidine rings is 1. The number of nitrogens with one attached hydrogen (secondary N) is 3. The number of carbonyl (C=O) groups excluding carboxylic acids is 4. The quantitative estimate of drug-likeness (QED) is 0.303. The minimum Gasteiger partial charge on any atom is -0.447 e. The second kappa shape index (κ2) is 12.9. The molecule has 230 valence electrons. The fourth-order valence-electron chi connectivity index (χ4n) is 5.54. The molecule has 1 unspecified atom stereocenters. The van der Waals surface area contributed by atoms with Gasteiger partial charge in [0.1, 0.15) is 6.04 Å². The summed E-state index contributed by atoms with van der Waals surface area (Å²) >= 11 is 6.10. The normalized spacial score (nSPS) is 18.1. The first-order chi connectivity index (χ1) is 21.0. The lowest BCUT2D eigenvalue weighted by molar-refractivity contribution is -0.141. The van der Waals surface area contributed by atoms with Crippen LogP contribution in [0.15, 0.2) is 66.7 Å². The smallest absolute Gasteiger partial charge is 0.412 e. The van der Waals surface area contributed by atoms with Crippen molar-refractivity contribution in [1.29, 1.82) is 0 Å². The van der Waals surface area contributed by atoms with E-state index in [4.69, 9.17) is 21.1 Å². The molecule has 0 aliphatic carbocycles. The van der Waals surface area contributed by atoms with Crippen LogP contribution in [0.5, 0.6) is 0 Å². The zero-order valence-corrected chi connectivity index (χ0v) is 24.9. The van der Waals surface area contributed by atoms with Gasteiger partial charge in [-0.25, -0.2) is 14.0 Å². The van der Waals surface area contributed by atoms with Crippen LogP contribution in [0.3, 0.4) is 0 Å². The maximum Gasteiger partial charge on any atom is 0.412 e. The Morgan fingerprint density at radius 1 is 1.09 bits per heavy atom. The van der Waals surface area contributed by atoms with E-state index in [-0.39, 0.29) is 47.3 Å². The topological polar surface area (TPSA) is 126 Å². The largest absolute Gasteiger partial charge is 0.447 e. The van der Waals surface area contributed by atoms with E-state index in [9.17, 15) is 19.2 Å². The SMILES string of the molecule is CC(C)OC(=O)Nc1ccc(C(=O)NC(Cc2ccccc2)C(=O)N2CCC[C@@]3(C2)OC(=O)Nc2ccc(Cl)c(F)c23)cc1. The summed E-state index contributed by atoms with van der Waals surface area (Å²) in [6.07, 6.45) is -0.762. The number of carbonyl (C=O) groups is 4. The van der Waals surface area contributed by atoms with Crippen LogP contribution in [-0.2, 0) is 26.3 Å². The van der Waals surface area contributed by atoms with Crippen molar-refractivity contribution in [3.8, 4) is 0 Å². The molecule has 2 aliphatic heterocycles. The first-order valence-corrected chi connectivity index (χ1v) is 14.6. The Balaban J connectivity index is 1.37. The molecule has 0 saturated carbocycles. The molecule has 5 rings (SSSR count). The van der Waals surface area contributed by atoms with Gasteiger partial charge in [0.25, 0.3) is 5.91 Å². The maximum absolute atomic E-state index is 15.4. The number of benzene rings is 3. The molecule has 2 aliphatic rings. The number of hydrogen-bond donors (Lipinski definition) is 3. The van der Waals surface area contributed by atoms with Gasteiger partial charge in [0.05, 0.1) is 28.9 Å². The predicted octanol–water partition coefficient (Wildman–Crippen LogP) is 5.86. The Morgan fingerprint density at radius 2 is 1.82 bits per heavy atom. The summed E-state index contributed by atoms with van der Waals surface area (Å²) in [5, 5.41) is 7.83. The molecule has 4 amide bonds. The van der Waals surface area contributed by atoms with Crippen LogP contribution in [0, 0.1) is 5.82 Å². The minimum atomic E-state index is -1.44. The number of rotatable bonds is 7. The van der Waals surface area contributed by atoms with Gasteiger partial charge >= 0.3 is 12.2 Å². The molecule has 44 heavy (non-hydrogen) atoms. The molecule has 12 heteroatoms. The number of nitrogens with zero attached hydrogens (tertiary/aromatic N) is 1. The summed E-state index contributed by atoms with van der Waals surface area (Å²) in [6.45, 7) is 3.67. The van der Waals surface area contributed by atoms with Crippen molar-refractivity contribution in [3.63, 3.8) is 0 Å². The highest BCUT2D eigenvalue weighted by atomic mass is 35.5. The van der Waals surface area contributed by atoms with E-state index >= 15 is 4.39 Å². The second-order valence-corrected chi connectivity index (χ2v) is 11.4. The third kappa shape index (κ3) is 6.78. The predicted molar refractivity (Wildman–Crippen MR) is 162 cm³/mol. The van der Waals surface area contributed by atoms with Crippen LogP contribution >= 0.6 is 11.6 Å². The highest BCUT2D eigenvalue weighted by Crippen LogP contribution is 2.45. The standard InChI is InChI=1S/C32H32ClFN4O6/c1-19(2)43-30(41)35-22-11-9-21(10-12-22)28(39)36-25(17-20-7-4-3-5-8-20)29(40)38-16-6-15-32(18-38)26-24(37-31(42)44-32)14-13-23(33)27(26)34/h3-5,7-14,19,25H,6,15-18H2,1-2H3,(H,35,41)(H,36,39)(H,37,42)/t25?,32-/m0/s1. The summed E-state index contributed by atoms with van der Waals surface area (Å²) in [5.41, 5.74) is 0.413. The van der Waals surface area contributed by atoms with Crippen LogP contribution in [0.4, 0.5) is 25.4 Å². The Morgan fingerprint density at radius 3 is 2.52 bits per heavy atom. The van der Waals surface area contributed by atoms with E-state index in [0.717, 1.165) is 5.56 Å². The lowest BCUT2D eigenvalue weighted by Crippen LogP contribution is -2.57. The van der Waals surface area contributed by atoms with Gasteiger partial charge in [0.15, 0.2) is 11.4 Å². The van der Waals surface area contributed by atoms with Crippen LogP contribution in [-0.4, -0.2) is 54.1 Å². The number of halogens is 2. The maximum atomic E-state index is 15.4. The number of likely N-dealkylation sites (tertiary alicyclic amines) is 1. The van der Waals surface area contributed by atoms with Crippen molar-refractivity contribution >= 4 is 47.0 Å². The summed E-state index contributed by atoms with van der Waals surface area (Å²) < 4.78 is 26.1. The summed E-state index contributed by atoms with van der Waals surface area (Å²) in [6, 6.07) is 17.3. The van der Waals surface area contributed by atoms with Crippen LogP contribution in [0.1, 0.15) is 48.2 Å². The molecule has 0 radical (unpaired) electrons. The Labute approximate surface area is 258 Å². The van der Waals surface area contributed by atoms with Crippen molar-refractivity contribution in [2.45, 2.75) is 50.9 Å². The molecule has 1 spiro atoms. The van der Waals surface area contributed by atoms with Gasteiger partial charge in [-0.1, -0.05) is 41.9 Å². The number of amides is 4. The van der Waals surface area contributed by atoms with Gasteiger partial charge in [-0.2, -0.15) is 0 Å². The molecular formula is C32H32ClFN4O6. The van der Waals surface area contributed by atoms with Crippen LogP contribution in [0.2, 0.25) is 5.02 Å². The number of fused-ring (bicyclic) bond motifs is 2. The molecule has 3 aromatic carbocycles. The average Bonchev–Trinajstić information content (AvgIpc) is 2.98. The minimum absolute atomic E-state index is 0.0942. The Bertz CT molecular complexity index is 1570. The lowest BCUT2D eigenvalue weighted by atomic mass is 9.82. The molecule has 1 fully saturated rings. The summed E-state index contributed by atoms with van der Waals surface area (Å²) in [5.74, 6) is -1.63. The molecule has 0 bridgehead atoms. The van der Waals surface area contributed by atoms with E-state index in [1.807, 2.05) is 30.3 Å². The van der Waals surface area contributed by atoms with Crippen LogP contribution in [0.25, 0.3) is 0 Å². The average molecular weight is 623 g/mol. The number of ether oxygens (including phenoxy) is 2. The third-order valence-electron chi connectivity index (χ3n) is 7.46. The van der Waals surface area contributed by atoms with Gasteiger partial charge in [-0.05, 0) is 68.7 Å². The van der Waals surface area contributed by atoms with Crippen molar-refractivity contribution in [3.05, 3.63) is 94.3 Å². The summed E-state index contributed by atoms with van der Waals surface area (Å²) in [4.78, 5) is 53.3. The van der Waals surface area contributed by atoms with Gasteiger partial charge in [0.2, 0.25) is 5.91 Å². The van der Waals surface area contributed by atoms with Crippen molar-refractivity contribution in [2.24, 2.45) is 0 Å². The first kappa shape index (κ1) is 30.8. The highest BCUT2D eigenvalue weighted by molar-refractivity contribution is 6.31. The van der Waals surface area contributed by atoms with Crippen molar-refractivity contribution in [1.82, 2.24) is 10.2 Å². The molecule has 2 atom stereocenters. The molecule has 1 saturated heterocycles. The second-order valence-electron chi connectivity index (χ2n) is 11.0. The molecule has 3 N–H and O–H groups in total. The fourth-order valence-corrected chi connectivity index (χ4v) is 5.70. The zero-order chi connectivity index (χ0) is 31.4. The first-order valence-electron chi connectivity index (χ1n) is 14.2. The van der Waals surface area contributed by atoms with Crippen molar-refractivity contribution < 1.29 is 33.0 Å². The van der Waals surface area contributed by atoms with E-state index in [0.29, 0.717) is 18.7 Å². The molecule has 2 heterocycles. The van der Waals surface area contributed by atoms with E-state index in [2.05, 4.69) is 16.0 Å². The van der Waals surface area contributed by atoms with Crippen molar-refractivity contribution in [2.75, 3.05) is 23.7 Å².